The Morgan fingerprint density at radius 3 is 2.54 bits per heavy atom. The Balaban J connectivity index is 1.69. The van der Waals surface area contributed by atoms with Gasteiger partial charge in [0.1, 0.15) is 12.1 Å². The van der Waals surface area contributed by atoms with E-state index in [9.17, 15) is 0 Å². The van der Waals surface area contributed by atoms with Gasteiger partial charge in [-0.15, -0.1) is 0 Å². The molecule has 0 atom stereocenters. The Bertz CT molecular complexity index is 1280. The molecule has 0 aliphatic carbocycles. The van der Waals surface area contributed by atoms with Gasteiger partial charge in [0.25, 0.3) is 0 Å². The number of benzene rings is 2. The van der Waals surface area contributed by atoms with E-state index in [0.29, 0.717) is 23.3 Å². The average Bonchev–Trinajstić information content (AvgIpc) is 3.13. The molecule has 0 aliphatic heterocycles. The molecule has 3 heterocycles. The first-order chi connectivity index (χ1) is 13.8. The van der Waals surface area contributed by atoms with Crippen molar-refractivity contribution < 1.29 is 4.74 Å². The summed E-state index contributed by atoms with van der Waals surface area (Å²) in [6, 6.07) is 21.2. The Kier molecular flexibility index (Phi) is 4.14. The van der Waals surface area contributed by atoms with Crippen LogP contribution in [0.15, 0.2) is 79.1 Å². The fraction of sp³-hybridized carbons (Fsp3) is 0.0455. The molecule has 0 fully saturated rings. The maximum absolute atomic E-state index is 6.29. The number of halogens is 1. The fourth-order valence-corrected chi connectivity index (χ4v) is 3.38. The zero-order valence-electron chi connectivity index (χ0n) is 14.8. The summed E-state index contributed by atoms with van der Waals surface area (Å²) in [5.74, 6) is 1.27. The Labute approximate surface area is 166 Å². The Morgan fingerprint density at radius 2 is 1.68 bits per heavy atom. The second-order valence-electron chi connectivity index (χ2n) is 6.32. The number of hydrogen-bond acceptors (Lipinski definition) is 4. The van der Waals surface area contributed by atoms with Gasteiger partial charge in [-0.05, 0) is 24.3 Å². The summed E-state index contributed by atoms with van der Waals surface area (Å²) < 4.78 is 7.91. The van der Waals surface area contributed by atoms with Crippen molar-refractivity contribution in [2.75, 3.05) is 0 Å². The number of rotatable bonds is 4. The largest absolute Gasteiger partial charge is 0.472 e. The summed E-state index contributed by atoms with van der Waals surface area (Å²) >= 11 is 6.29. The lowest BCUT2D eigenvalue weighted by molar-refractivity contribution is 0.287. The second kappa shape index (κ2) is 6.94. The molecule has 0 spiro atoms. The zero-order chi connectivity index (χ0) is 18.9. The third-order valence-corrected chi connectivity index (χ3v) is 4.93. The van der Waals surface area contributed by atoms with Crippen LogP contribution in [0, 0.1) is 0 Å². The highest BCUT2D eigenvalue weighted by Gasteiger charge is 2.18. The van der Waals surface area contributed by atoms with Gasteiger partial charge in [-0.2, -0.15) is 9.78 Å². The van der Waals surface area contributed by atoms with Crippen LogP contribution in [-0.2, 0) is 6.61 Å². The number of pyridine rings is 2. The van der Waals surface area contributed by atoms with Crippen molar-refractivity contribution >= 4 is 33.4 Å². The lowest BCUT2D eigenvalue weighted by atomic mass is 10.2. The third kappa shape index (κ3) is 2.86. The van der Waals surface area contributed by atoms with Crippen LogP contribution in [0.25, 0.3) is 27.6 Å². The highest BCUT2D eigenvalue weighted by atomic mass is 35.5. The molecule has 2 aromatic carbocycles. The minimum Gasteiger partial charge on any atom is -0.472 e. The van der Waals surface area contributed by atoms with Crippen LogP contribution in [0.3, 0.4) is 0 Å². The number of para-hydroxylation sites is 1. The minimum absolute atomic E-state index is 0.320. The predicted molar refractivity (Wildman–Crippen MR) is 110 cm³/mol. The van der Waals surface area contributed by atoms with E-state index in [-0.39, 0.29) is 0 Å². The molecule has 136 valence electrons. The predicted octanol–water partition coefficient (Wildman–Crippen LogP) is 5.20. The van der Waals surface area contributed by atoms with E-state index in [0.717, 1.165) is 27.4 Å². The van der Waals surface area contributed by atoms with Crippen LogP contribution in [0.2, 0.25) is 5.02 Å². The molecule has 6 heteroatoms. The van der Waals surface area contributed by atoms with Crippen LogP contribution in [0.1, 0.15) is 5.56 Å². The standard InChI is InChI=1S/C22H15ClN4O/c23-18-9-3-1-7-15(18)14-28-22-17-13-25-19-10-4-2-8-16(19)21(17)26-27(22)20-11-5-6-12-24-20/h1-13H,14H2. The summed E-state index contributed by atoms with van der Waals surface area (Å²) in [6.45, 7) is 0.320. The van der Waals surface area contributed by atoms with Gasteiger partial charge in [0.05, 0.1) is 10.9 Å². The lowest BCUT2D eigenvalue weighted by Gasteiger charge is -2.10. The van der Waals surface area contributed by atoms with Crippen molar-refractivity contribution in [2.24, 2.45) is 0 Å². The number of nitrogens with zero attached hydrogens (tertiary/aromatic N) is 4. The number of hydrogen-bond donors (Lipinski definition) is 0. The maximum atomic E-state index is 6.29. The number of aromatic nitrogens is 4. The van der Waals surface area contributed by atoms with E-state index in [1.807, 2.05) is 66.7 Å². The maximum Gasteiger partial charge on any atom is 0.228 e. The van der Waals surface area contributed by atoms with Crippen molar-refractivity contribution in [1.82, 2.24) is 19.7 Å². The summed E-state index contributed by atoms with van der Waals surface area (Å²) in [5, 5.41) is 7.27. The van der Waals surface area contributed by atoms with Crippen LogP contribution in [0.4, 0.5) is 0 Å². The fourth-order valence-electron chi connectivity index (χ4n) is 3.19. The molecular weight excluding hydrogens is 372 g/mol. The number of fused-ring (bicyclic) bond motifs is 3. The molecule has 0 bridgehead atoms. The monoisotopic (exact) mass is 386 g/mol. The molecule has 5 aromatic rings. The molecule has 0 N–H and O–H groups in total. The lowest BCUT2D eigenvalue weighted by Crippen LogP contribution is -2.05. The van der Waals surface area contributed by atoms with Crippen molar-refractivity contribution in [3.8, 4) is 11.7 Å². The SMILES string of the molecule is Clc1ccccc1COc1c2cnc3ccccc3c2nn1-c1ccccn1. The quantitative estimate of drug-likeness (QED) is 0.426. The first kappa shape index (κ1) is 16.7. The van der Waals surface area contributed by atoms with Crippen molar-refractivity contribution in [3.63, 3.8) is 0 Å². The molecular formula is C22H15ClN4O. The third-order valence-electron chi connectivity index (χ3n) is 4.56. The molecule has 0 amide bonds. The molecule has 0 unspecified atom stereocenters. The van der Waals surface area contributed by atoms with Gasteiger partial charge in [-0.3, -0.25) is 4.98 Å². The molecule has 3 aromatic heterocycles. The van der Waals surface area contributed by atoms with Gasteiger partial charge in [-0.25, -0.2) is 4.98 Å². The molecule has 0 aliphatic rings. The first-order valence-electron chi connectivity index (χ1n) is 8.85. The molecule has 28 heavy (non-hydrogen) atoms. The van der Waals surface area contributed by atoms with E-state index in [2.05, 4.69) is 9.97 Å². The zero-order valence-corrected chi connectivity index (χ0v) is 15.5. The smallest absolute Gasteiger partial charge is 0.228 e. The van der Waals surface area contributed by atoms with Crippen molar-refractivity contribution in [3.05, 3.63) is 89.7 Å². The van der Waals surface area contributed by atoms with Gasteiger partial charge in [0, 0.05) is 28.4 Å². The second-order valence-corrected chi connectivity index (χ2v) is 6.73. The first-order valence-corrected chi connectivity index (χ1v) is 9.23. The van der Waals surface area contributed by atoms with E-state index in [4.69, 9.17) is 21.4 Å². The average molecular weight is 387 g/mol. The van der Waals surface area contributed by atoms with Crippen LogP contribution in [0.5, 0.6) is 5.88 Å². The summed E-state index contributed by atoms with van der Waals surface area (Å²) in [4.78, 5) is 9.00. The minimum atomic E-state index is 0.320. The van der Waals surface area contributed by atoms with Crippen molar-refractivity contribution in [2.45, 2.75) is 6.61 Å². The van der Waals surface area contributed by atoms with Crippen molar-refractivity contribution in [1.29, 1.82) is 0 Å². The van der Waals surface area contributed by atoms with Gasteiger partial charge >= 0.3 is 0 Å². The van der Waals surface area contributed by atoms with Gasteiger partial charge < -0.3 is 4.74 Å². The van der Waals surface area contributed by atoms with E-state index in [1.165, 1.54) is 0 Å². The highest BCUT2D eigenvalue weighted by molar-refractivity contribution is 6.31. The molecule has 0 saturated heterocycles. The van der Waals surface area contributed by atoms with Crippen LogP contribution < -0.4 is 4.74 Å². The number of ether oxygens (including phenoxy) is 1. The molecule has 0 radical (unpaired) electrons. The summed E-state index contributed by atoms with van der Waals surface area (Å²) in [6.07, 6.45) is 3.53. The van der Waals surface area contributed by atoms with Gasteiger partial charge in [-0.1, -0.05) is 54.1 Å². The van der Waals surface area contributed by atoms with E-state index in [1.54, 1.807) is 17.1 Å². The molecule has 5 rings (SSSR count). The molecule has 5 nitrogen and oxygen atoms in total. The normalized spacial score (nSPS) is 11.2. The Morgan fingerprint density at radius 1 is 0.857 bits per heavy atom. The van der Waals surface area contributed by atoms with Gasteiger partial charge in [0.15, 0.2) is 5.82 Å². The van der Waals surface area contributed by atoms with Gasteiger partial charge in [0.2, 0.25) is 5.88 Å². The van der Waals surface area contributed by atoms with E-state index >= 15 is 0 Å². The highest BCUT2D eigenvalue weighted by Crippen LogP contribution is 2.32. The van der Waals surface area contributed by atoms with Crippen LogP contribution in [-0.4, -0.2) is 19.7 Å². The van der Waals surface area contributed by atoms with E-state index < -0.39 is 0 Å². The summed E-state index contributed by atoms with van der Waals surface area (Å²) in [5.41, 5.74) is 2.61. The van der Waals surface area contributed by atoms with Crippen LogP contribution >= 0.6 is 11.6 Å². The Hall–Kier alpha value is -3.44. The topological polar surface area (TPSA) is 52.8 Å². The molecule has 0 saturated carbocycles. The summed E-state index contributed by atoms with van der Waals surface area (Å²) in [7, 11) is 0.